The van der Waals surface area contributed by atoms with E-state index in [1.807, 2.05) is 6.07 Å². The maximum absolute atomic E-state index is 5.69. The Bertz CT molecular complexity index is 475. The van der Waals surface area contributed by atoms with E-state index in [1.165, 1.54) is 5.56 Å². The molecule has 0 amide bonds. The van der Waals surface area contributed by atoms with Crippen LogP contribution in [0.3, 0.4) is 0 Å². The summed E-state index contributed by atoms with van der Waals surface area (Å²) >= 11 is 5.69. The smallest absolute Gasteiger partial charge is 0.167 e. The van der Waals surface area contributed by atoms with Crippen molar-refractivity contribution in [3.63, 3.8) is 0 Å². The van der Waals surface area contributed by atoms with Crippen LogP contribution in [-0.4, -0.2) is 5.16 Å². The number of benzene rings is 1. The van der Waals surface area contributed by atoms with E-state index in [4.69, 9.17) is 16.1 Å². The second kappa shape index (κ2) is 5.37. The van der Waals surface area contributed by atoms with Crippen LogP contribution < -0.4 is 0 Å². The molecule has 0 bridgehead atoms. The van der Waals surface area contributed by atoms with Crippen LogP contribution in [0.2, 0.25) is 0 Å². The highest BCUT2D eigenvalue weighted by atomic mass is 35.5. The van der Waals surface area contributed by atoms with Crippen LogP contribution in [0.5, 0.6) is 0 Å². The van der Waals surface area contributed by atoms with E-state index < -0.39 is 0 Å². The highest BCUT2D eigenvalue weighted by molar-refractivity contribution is 6.16. The average Bonchev–Trinajstić information content (AvgIpc) is 2.87. The molecule has 1 aromatic heterocycles. The molecule has 1 heterocycles. The maximum atomic E-state index is 5.69. The van der Waals surface area contributed by atoms with Crippen molar-refractivity contribution in [1.29, 1.82) is 0 Å². The topological polar surface area (TPSA) is 26.0 Å². The van der Waals surface area contributed by atoms with Crippen molar-refractivity contribution >= 4 is 11.6 Å². The third kappa shape index (κ3) is 2.70. The Balaban J connectivity index is 2.22. The van der Waals surface area contributed by atoms with Crippen molar-refractivity contribution in [3.05, 3.63) is 41.6 Å². The van der Waals surface area contributed by atoms with Gasteiger partial charge in [-0.3, -0.25) is 0 Å². The molecule has 17 heavy (non-hydrogen) atoms. The Labute approximate surface area is 107 Å². The number of nitrogens with zero attached hydrogens (tertiary/aromatic N) is 1. The largest absolute Gasteiger partial charge is 0.356 e. The van der Waals surface area contributed by atoms with E-state index in [1.54, 1.807) is 0 Å². The maximum Gasteiger partial charge on any atom is 0.167 e. The molecule has 0 saturated heterocycles. The molecule has 2 rings (SSSR count). The molecular formula is C14H16ClNO. The molecule has 0 radical (unpaired) electrons. The van der Waals surface area contributed by atoms with E-state index >= 15 is 0 Å². The monoisotopic (exact) mass is 249 g/mol. The summed E-state index contributed by atoms with van der Waals surface area (Å²) in [5.41, 5.74) is 3.17. The van der Waals surface area contributed by atoms with Gasteiger partial charge in [0.05, 0.1) is 11.6 Å². The normalized spacial score (nSPS) is 12.6. The highest BCUT2D eigenvalue weighted by Crippen LogP contribution is 2.25. The predicted octanol–water partition coefficient (Wildman–Crippen LogP) is 4.59. The van der Waals surface area contributed by atoms with E-state index in [2.05, 4.69) is 43.3 Å². The molecule has 90 valence electrons. The number of alkyl halides is 1. The standard InChI is InChI=1S/C14H16ClNO/c1-3-10(2)11-4-6-12(7-5-11)14-8-13(9-15)16-17-14/h4-8,10H,3,9H2,1-2H3. The van der Waals surface area contributed by atoms with Gasteiger partial charge >= 0.3 is 0 Å². The lowest BCUT2D eigenvalue weighted by Crippen LogP contribution is -1.90. The number of hydrogen-bond donors (Lipinski definition) is 0. The summed E-state index contributed by atoms with van der Waals surface area (Å²) in [5.74, 6) is 1.75. The summed E-state index contributed by atoms with van der Waals surface area (Å²) in [7, 11) is 0. The first kappa shape index (κ1) is 12.2. The molecule has 2 nitrogen and oxygen atoms in total. The molecular weight excluding hydrogens is 234 g/mol. The van der Waals surface area contributed by atoms with Crippen LogP contribution in [0.4, 0.5) is 0 Å². The molecule has 0 spiro atoms. The predicted molar refractivity (Wildman–Crippen MR) is 70.2 cm³/mol. The van der Waals surface area contributed by atoms with Crippen LogP contribution in [-0.2, 0) is 5.88 Å². The van der Waals surface area contributed by atoms with Crippen molar-refractivity contribution in [2.45, 2.75) is 32.1 Å². The lowest BCUT2D eigenvalue weighted by atomic mass is 9.97. The molecule has 3 heteroatoms. The SMILES string of the molecule is CCC(C)c1ccc(-c2cc(CCl)no2)cc1. The van der Waals surface area contributed by atoms with Crippen LogP contribution in [0.1, 0.15) is 37.4 Å². The second-order valence-corrected chi connectivity index (χ2v) is 4.51. The zero-order chi connectivity index (χ0) is 12.3. The van der Waals surface area contributed by atoms with Gasteiger partial charge in [-0.2, -0.15) is 0 Å². The minimum atomic E-state index is 0.383. The first-order valence-corrected chi connectivity index (χ1v) is 6.40. The van der Waals surface area contributed by atoms with Crippen molar-refractivity contribution < 1.29 is 4.52 Å². The molecule has 0 fully saturated rings. The number of rotatable bonds is 4. The lowest BCUT2D eigenvalue weighted by Gasteiger charge is -2.08. The summed E-state index contributed by atoms with van der Waals surface area (Å²) in [6.45, 7) is 4.43. The Kier molecular flexibility index (Phi) is 3.85. The minimum Gasteiger partial charge on any atom is -0.356 e. The molecule has 0 saturated carbocycles. The zero-order valence-electron chi connectivity index (χ0n) is 10.1. The average molecular weight is 250 g/mol. The third-order valence-electron chi connectivity index (χ3n) is 3.07. The van der Waals surface area contributed by atoms with Gasteiger partial charge in [0.2, 0.25) is 0 Å². The summed E-state index contributed by atoms with van der Waals surface area (Å²) in [6.07, 6.45) is 1.15. The molecule has 0 aliphatic heterocycles. The van der Waals surface area contributed by atoms with E-state index in [0.29, 0.717) is 11.8 Å². The van der Waals surface area contributed by atoms with Gasteiger partial charge in [-0.1, -0.05) is 43.3 Å². The lowest BCUT2D eigenvalue weighted by molar-refractivity contribution is 0.426. The van der Waals surface area contributed by atoms with Gasteiger partial charge < -0.3 is 4.52 Å². The van der Waals surface area contributed by atoms with Crippen LogP contribution in [0.25, 0.3) is 11.3 Å². The molecule has 1 aromatic carbocycles. The summed E-state index contributed by atoms with van der Waals surface area (Å²) in [5, 5.41) is 3.88. The molecule has 1 atom stereocenters. The van der Waals surface area contributed by atoms with Gasteiger partial charge in [-0.25, -0.2) is 0 Å². The van der Waals surface area contributed by atoms with Gasteiger partial charge in [-0.05, 0) is 17.9 Å². The molecule has 1 unspecified atom stereocenters. The van der Waals surface area contributed by atoms with Crippen LogP contribution in [0.15, 0.2) is 34.9 Å². The minimum absolute atomic E-state index is 0.383. The van der Waals surface area contributed by atoms with Gasteiger partial charge in [0.15, 0.2) is 5.76 Å². The van der Waals surface area contributed by atoms with Crippen LogP contribution in [0, 0.1) is 0 Å². The third-order valence-corrected chi connectivity index (χ3v) is 3.35. The first-order valence-electron chi connectivity index (χ1n) is 5.86. The second-order valence-electron chi connectivity index (χ2n) is 4.25. The van der Waals surface area contributed by atoms with Crippen molar-refractivity contribution in [2.75, 3.05) is 0 Å². The van der Waals surface area contributed by atoms with Crippen LogP contribution >= 0.6 is 11.6 Å². The highest BCUT2D eigenvalue weighted by Gasteiger charge is 2.07. The number of hydrogen-bond acceptors (Lipinski definition) is 2. The Morgan fingerprint density at radius 1 is 1.29 bits per heavy atom. The number of aromatic nitrogens is 1. The Hall–Kier alpha value is -1.28. The Morgan fingerprint density at radius 2 is 2.00 bits per heavy atom. The van der Waals surface area contributed by atoms with Crippen molar-refractivity contribution in [3.8, 4) is 11.3 Å². The van der Waals surface area contributed by atoms with E-state index in [-0.39, 0.29) is 0 Å². The van der Waals surface area contributed by atoms with Gasteiger partial charge in [-0.15, -0.1) is 11.6 Å². The van der Waals surface area contributed by atoms with E-state index in [0.717, 1.165) is 23.4 Å². The molecule has 0 N–H and O–H groups in total. The fourth-order valence-electron chi connectivity index (χ4n) is 1.72. The van der Waals surface area contributed by atoms with Crippen molar-refractivity contribution in [1.82, 2.24) is 5.16 Å². The van der Waals surface area contributed by atoms with Crippen molar-refractivity contribution in [2.24, 2.45) is 0 Å². The summed E-state index contributed by atoms with van der Waals surface area (Å²) in [4.78, 5) is 0. The molecule has 0 aliphatic rings. The Morgan fingerprint density at radius 3 is 2.53 bits per heavy atom. The summed E-state index contributed by atoms with van der Waals surface area (Å²) in [6, 6.07) is 10.3. The first-order chi connectivity index (χ1) is 8.24. The fraction of sp³-hybridized carbons (Fsp3) is 0.357. The van der Waals surface area contributed by atoms with Gasteiger partial charge in [0.1, 0.15) is 0 Å². The molecule has 0 aliphatic carbocycles. The van der Waals surface area contributed by atoms with E-state index in [9.17, 15) is 0 Å². The van der Waals surface area contributed by atoms with Gasteiger partial charge in [0.25, 0.3) is 0 Å². The fourth-order valence-corrected chi connectivity index (χ4v) is 1.85. The zero-order valence-corrected chi connectivity index (χ0v) is 10.9. The molecule has 2 aromatic rings. The number of halogens is 1. The summed E-state index contributed by atoms with van der Waals surface area (Å²) < 4.78 is 5.23. The van der Waals surface area contributed by atoms with Gasteiger partial charge in [0, 0.05) is 11.6 Å². The quantitative estimate of drug-likeness (QED) is 0.741.